The number of carboxylic acids is 1. The summed E-state index contributed by atoms with van der Waals surface area (Å²) in [6.45, 7) is 1.02. The molecule has 1 aliphatic carbocycles. The molecule has 2 N–H and O–H groups in total. The van der Waals surface area contributed by atoms with E-state index in [2.05, 4.69) is 4.52 Å². The smallest absolute Gasteiger partial charge is 0.480 e. The molecule has 6 nitrogen and oxygen atoms in total. The lowest BCUT2D eigenvalue weighted by Gasteiger charge is -2.24. The Morgan fingerprint density at radius 2 is 1.52 bits per heavy atom. The summed E-state index contributed by atoms with van der Waals surface area (Å²) in [7, 11) is -4.98. The van der Waals surface area contributed by atoms with Gasteiger partial charge in [0.2, 0.25) is 34.8 Å². The molecule has 3 rings (SSSR count). The Morgan fingerprint density at radius 3 is 2.10 bits per heavy atom. The summed E-state index contributed by atoms with van der Waals surface area (Å²) in [4.78, 5) is 11.1. The number of aliphatic carboxylic acids is 1. The van der Waals surface area contributed by atoms with E-state index >= 15 is 0 Å². The fourth-order valence-electron chi connectivity index (χ4n) is 3.05. The van der Waals surface area contributed by atoms with Gasteiger partial charge in [0.25, 0.3) is 0 Å². The van der Waals surface area contributed by atoms with Crippen molar-refractivity contribution in [2.24, 2.45) is 0 Å². The molecule has 0 radical (unpaired) electrons. The van der Waals surface area contributed by atoms with Crippen LogP contribution < -0.4 is 14.1 Å². The lowest BCUT2D eigenvalue weighted by molar-refractivity contribution is -0.138. The highest BCUT2D eigenvalue weighted by Gasteiger charge is 2.38. The second kappa shape index (κ2) is 8.84. The Hall–Kier alpha value is -2.65. The van der Waals surface area contributed by atoms with Crippen molar-refractivity contribution in [1.29, 1.82) is 0 Å². The minimum absolute atomic E-state index is 0.0991. The number of fused-ring (bicyclic) bond motifs is 1. The first-order valence-corrected chi connectivity index (χ1v) is 10.7. The van der Waals surface area contributed by atoms with Crippen molar-refractivity contribution in [2.75, 3.05) is 0 Å². The summed E-state index contributed by atoms with van der Waals surface area (Å²) < 4.78 is 91.3. The number of carbonyl (C=O) groups is 1. The van der Waals surface area contributed by atoms with Gasteiger partial charge in [-0.2, -0.15) is 13.9 Å². The Bertz CT molecular complexity index is 1050. The quantitative estimate of drug-likeness (QED) is 0.262. The summed E-state index contributed by atoms with van der Waals surface area (Å²) in [6, 6.07) is 2.93. The Labute approximate surface area is 173 Å². The fraction of sp³-hybridized carbons (Fsp3) is 0.316. The average Bonchev–Trinajstić information content (AvgIpc) is 2.73. The molecule has 1 aliphatic rings. The van der Waals surface area contributed by atoms with Crippen molar-refractivity contribution in [2.45, 2.75) is 38.6 Å². The SMILES string of the molecule is C[C@H](NP(=O)(Oc1ccc2c(c1)CCCC2)Oc1c(F)c(F)c(F)c(F)c1F)C(=O)O. The van der Waals surface area contributed by atoms with E-state index in [1.165, 1.54) is 12.1 Å². The van der Waals surface area contributed by atoms with E-state index < -0.39 is 54.6 Å². The van der Waals surface area contributed by atoms with Crippen LogP contribution in [0.15, 0.2) is 18.2 Å². The Balaban J connectivity index is 2.01. The number of benzene rings is 2. The molecule has 0 saturated heterocycles. The Morgan fingerprint density at radius 1 is 0.968 bits per heavy atom. The second-order valence-electron chi connectivity index (χ2n) is 6.91. The van der Waals surface area contributed by atoms with Crippen molar-refractivity contribution in [1.82, 2.24) is 5.09 Å². The molecule has 168 valence electrons. The van der Waals surface area contributed by atoms with Crippen molar-refractivity contribution < 1.29 is 45.5 Å². The van der Waals surface area contributed by atoms with E-state index in [0.29, 0.717) is 6.42 Å². The Kier molecular flexibility index (Phi) is 6.56. The molecule has 0 amide bonds. The summed E-state index contributed by atoms with van der Waals surface area (Å²) in [5.41, 5.74) is 1.87. The molecule has 0 saturated carbocycles. The van der Waals surface area contributed by atoms with Crippen molar-refractivity contribution in [3.63, 3.8) is 0 Å². The minimum atomic E-state index is -4.98. The number of nitrogens with one attached hydrogen (secondary N) is 1. The predicted molar refractivity (Wildman–Crippen MR) is 98.4 cm³/mol. The van der Waals surface area contributed by atoms with Crippen LogP contribution in [0.4, 0.5) is 22.0 Å². The molecule has 31 heavy (non-hydrogen) atoms. The summed E-state index contributed by atoms with van der Waals surface area (Å²) >= 11 is 0. The van der Waals surface area contributed by atoms with Crippen LogP contribution in [0.5, 0.6) is 11.5 Å². The van der Waals surface area contributed by atoms with Crippen LogP contribution in [-0.4, -0.2) is 17.1 Å². The molecule has 12 heteroatoms. The van der Waals surface area contributed by atoms with Gasteiger partial charge >= 0.3 is 13.7 Å². The summed E-state index contributed by atoms with van der Waals surface area (Å²) in [5.74, 6) is -15.3. The first kappa shape index (κ1) is 23.0. The largest absolute Gasteiger partial charge is 0.513 e. The molecule has 2 aromatic rings. The van der Waals surface area contributed by atoms with E-state index in [0.717, 1.165) is 37.3 Å². The maximum absolute atomic E-state index is 14.0. The van der Waals surface area contributed by atoms with Crippen LogP contribution in [0.2, 0.25) is 0 Å². The lowest BCUT2D eigenvalue weighted by atomic mass is 9.92. The van der Waals surface area contributed by atoms with Gasteiger partial charge in [-0.05, 0) is 55.9 Å². The predicted octanol–water partition coefficient (Wildman–Crippen LogP) is 4.89. The maximum Gasteiger partial charge on any atom is 0.513 e. The third-order valence-corrected chi connectivity index (χ3v) is 6.23. The zero-order valence-corrected chi connectivity index (χ0v) is 16.9. The molecule has 1 unspecified atom stereocenters. The van der Waals surface area contributed by atoms with Crippen LogP contribution in [-0.2, 0) is 22.2 Å². The van der Waals surface area contributed by atoms with Gasteiger partial charge in [-0.25, -0.2) is 17.7 Å². The molecule has 0 bridgehead atoms. The van der Waals surface area contributed by atoms with Crippen molar-refractivity contribution in [3.05, 3.63) is 58.4 Å². The standard InChI is InChI=1S/C19H17F5NO5P/c1-9(19(26)27)25-31(28,29-12-7-6-10-4-2-3-5-11(10)8-12)30-18-16(23)14(21)13(20)15(22)17(18)24/h6-9H,2-5H2,1H3,(H,25,28)(H,26,27)/t9-,31?/m0/s1. The molecule has 2 aromatic carbocycles. The normalized spacial score (nSPS) is 16.2. The first-order valence-electron chi connectivity index (χ1n) is 9.15. The van der Waals surface area contributed by atoms with Gasteiger partial charge in [-0.3, -0.25) is 4.79 Å². The molecule has 0 heterocycles. The van der Waals surface area contributed by atoms with E-state index in [-0.39, 0.29) is 5.75 Å². The summed E-state index contributed by atoms with van der Waals surface area (Å²) in [5, 5.41) is 11.0. The maximum atomic E-state index is 14.0. The van der Waals surface area contributed by atoms with Gasteiger partial charge in [0, 0.05) is 0 Å². The molecule has 0 fully saturated rings. The number of halogens is 5. The fourth-order valence-corrected chi connectivity index (χ4v) is 4.57. The molecular formula is C19H17F5NO5P. The van der Waals surface area contributed by atoms with Gasteiger partial charge in [-0.1, -0.05) is 6.07 Å². The highest BCUT2D eigenvalue weighted by Crippen LogP contribution is 2.48. The van der Waals surface area contributed by atoms with Gasteiger partial charge in [0.05, 0.1) is 0 Å². The van der Waals surface area contributed by atoms with E-state index in [1.54, 1.807) is 6.07 Å². The van der Waals surface area contributed by atoms with Gasteiger partial charge in [0.15, 0.2) is 0 Å². The molecular weight excluding hydrogens is 448 g/mol. The number of aryl methyl sites for hydroxylation is 2. The van der Waals surface area contributed by atoms with Crippen LogP contribution in [0, 0.1) is 29.1 Å². The van der Waals surface area contributed by atoms with E-state index in [4.69, 9.17) is 9.63 Å². The van der Waals surface area contributed by atoms with E-state index in [9.17, 15) is 31.3 Å². The highest BCUT2D eigenvalue weighted by molar-refractivity contribution is 7.52. The zero-order valence-electron chi connectivity index (χ0n) is 16.1. The third kappa shape index (κ3) is 4.83. The monoisotopic (exact) mass is 465 g/mol. The molecule has 0 spiro atoms. The van der Waals surface area contributed by atoms with Crippen LogP contribution in [0.25, 0.3) is 0 Å². The second-order valence-corrected chi connectivity index (χ2v) is 8.52. The number of carboxylic acid groups (broad SMARTS) is 1. The van der Waals surface area contributed by atoms with Gasteiger partial charge < -0.3 is 14.2 Å². The van der Waals surface area contributed by atoms with Crippen LogP contribution >= 0.6 is 7.75 Å². The first-order chi connectivity index (χ1) is 14.5. The van der Waals surface area contributed by atoms with Crippen molar-refractivity contribution in [3.8, 4) is 11.5 Å². The number of hydrogen-bond donors (Lipinski definition) is 2. The van der Waals surface area contributed by atoms with Crippen molar-refractivity contribution >= 4 is 13.7 Å². The minimum Gasteiger partial charge on any atom is -0.480 e. The highest BCUT2D eigenvalue weighted by atomic mass is 31.2. The number of hydrogen-bond acceptors (Lipinski definition) is 4. The average molecular weight is 465 g/mol. The van der Waals surface area contributed by atoms with Crippen LogP contribution in [0.1, 0.15) is 30.9 Å². The third-order valence-electron chi connectivity index (χ3n) is 4.65. The zero-order chi connectivity index (χ0) is 22.9. The molecule has 2 atom stereocenters. The van der Waals surface area contributed by atoms with Crippen LogP contribution in [0.3, 0.4) is 0 Å². The molecule has 0 aliphatic heterocycles. The lowest BCUT2D eigenvalue weighted by Crippen LogP contribution is -2.34. The number of rotatable bonds is 7. The van der Waals surface area contributed by atoms with Gasteiger partial charge in [-0.15, -0.1) is 0 Å². The van der Waals surface area contributed by atoms with E-state index in [1.807, 2.05) is 5.09 Å². The molecule has 0 aromatic heterocycles. The topological polar surface area (TPSA) is 84.9 Å². The summed E-state index contributed by atoms with van der Waals surface area (Å²) in [6.07, 6.45) is 3.37. The van der Waals surface area contributed by atoms with Gasteiger partial charge in [0.1, 0.15) is 11.8 Å².